The number of aliphatic hydroxyl groups is 2. The summed E-state index contributed by atoms with van der Waals surface area (Å²) in [4.78, 5) is 0. The van der Waals surface area contributed by atoms with Gasteiger partial charge >= 0.3 is 0 Å². The Balaban J connectivity index is 1.58. The SMILES string of the molecule is CC1(C)CC[C@@]2(CO)CC[C@@]3(C)C(=CC[C@H]4[C@@]5(C)CC[C@H](O)C(C)(C)[C@@H]5CC[C@@]43C)[C@@H]2C1. The molecule has 5 aliphatic rings. The van der Waals surface area contributed by atoms with Gasteiger partial charge in [-0.15, -0.1) is 0 Å². The lowest BCUT2D eigenvalue weighted by Crippen LogP contribution is -2.64. The molecule has 0 unspecified atom stereocenters. The number of allylic oxidation sites excluding steroid dienone is 2. The first kappa shape index (κ1) is 23.4. The molecule has 32 heavy (non-hydrogen) atoms. The van der Waals surface area contributed by atoms with Crippen LogP contribution in [-0.2, 0) is 0 Å². The average Bonchev–Trinajstić information content (AvgIpc) is 2.71. The van der Waals surface area contributed by atoms with Crippen LogP contribution in [0.3, 0.4) is 0 Å². The minimum absolute atomic E-state index is 0.0191. The molecule has 0 aliphatic heterocycles. The van der Waals surface area contributed by atoms with Gasteiger partial charge in [-0.3, -0.25) is 0 Å². The van der Waals surface area contributed by atoms with Crippen LogP contribution >= 0.6 is 0 Å². The van der Waals surface area contributed by atoms with E-state index in [0.717, 1.165) is 6.42 Å². The Morgan fingerprint density at radius 3 is 2.22 bits per heavy atom. The first-order valence-corrected chi connectivity index (χ1v) is 13.8. The molecule has 0 amide bonds. The Labute approximate surface area is 197 Å². The summed E-state index contributed by atoms with van der Waals surface area (Å²) in [6, 6.07) is 0. The third kappa shape index (κ3) is 2.78. The standard InChI is InChI=1S/C30H50O2/c1-25(2)14-16-30(19-31)17-15-28(6)20(21(30)18-25)8-9-23-27(5)12-11-24(32)26(3,4)22(27)10-13-29(23,28)7/h8,21-24,31-32H,9-19H2,1-7H3/t21-,22-,23-,24-,27-,28-,29-,30-/m0/s1. The number of hydrogen-bond acceptors (Lipinski definition) is 2. The molecule has 0 aromatic rings. The van der Waals surface area contributed by atoms with Crippen molar-refractivity contribution in [3.63, 3.8) is 0 Å². The van der Waals surface area contributed by atoms with Crippen LogP contribution in [0.5, 0.6) is 0 Å². The Hall–Kier alpha value is -0.340. The van der Waals surface area contributed by atoms with E-state index in [1.807, 2.05) is 0 Å². The Bertz CT molecular complexity index is 810. The van der Waals surface area contributed by atoms with Gasteiger partial charge in [0, 0.05) is 12.0 Å². The summed E-state index contributed by atoms with van der Waals surface area (Å²) in [5, 5.41) is 21.5. The fourth-order valence-corrected chi connectivity index (χ4v) is 10.6. The largest absolute Gasteiger partial charge is 0.396 e. The van der Waals surface area contributed by atoms with Crippen LogP contribution in [-0.4, -0.2) is 22.9 Å². The highest BCUT2D eigenvalue weighted by molar-refractivity contribution is 5.33. The Kier molecular flexibility index (Phi) is 5.02. The van der Waals surface area contributed by atoms with Crippen LogP contribution in [0.1, 0.15) is 113 Å². The quantitative estimate of drug-likeness (QED) is 0.424. The normalized spacial score (nSPS) is 53.8. The maximum Gasteiger partial charge on any atom is 0.0594 e. The molecule has 2 heteroatoms. The summed E-state index contributed by atoms with van der Waals surface area (Å²) in [5.74, 6) is 1.87. The summed E-state index contributed by atoms with van der Waals surface area (Å²) >= 11 is 0. The van der Waals surface area contributed by atoms with Crippen LogP contribution in [0.15, 0.2) is 11.6 Å². The maximum atomic E-state index is 10.9. The summed E-state index contributed by atoms with van der Waals surface area (Å²) in [5.41, 5.74) is 3.16. The van der Waals surface area contributed by atoms with Gasteiger partial charge in [0.05, 0.1) is 6.10 Å². The van der Waals surface area contributed by atoms with Crippen molar-refractivity contribution in [2.24, 2.45) is 50.2 Å². The van der Waals surface area contributed by atoms with Gasteiger partial charge in [0.1, 0.15) is 0 Å². The maximum absolute atomic E-state index is 10.9. The van der Waals surface area contributed by atoms with E-state index < -0.39 is 0 Å². The van der Waals surface area contributed by atoms with Gasteiger partial charge in [0.2, 0.25) is 0 Å². The van der Waals surface area contributed by atoms with E-state index in [-0.39, 0.29) is 22.3 Å². The molecule has 5 aliphatic carbocycles. The van der Waals surface area contributed by atoms with Gasteiger partial charge in [-0.05, 0) is 109 Å². The van der Waals surface area contributed by atoms with E-state index in [2.05, 4.69) is 54.5 Å². The number of rotatable bonds is 1. The first-order chi connectivity index (χ1) is 14.8. The zero-order valence-corrected chi connectivity index (χ0v) is 22.1. The van der Waals surface area contributed by atoms with Crippen LogP contribution in [0.4, 0.5) is 0 Å². The second kappa shape index (κ2) is 6.87. The summed E-state index contributed by atoms with van der Waals surface area (Å²) in [7, 11) is 0. The highest BCUT2D eigenvalue weighted by Gasteiger charge is 2.68. The number of fused-ring (bicyclic) bond motifs is 7. The molecule has 0 radical (unpaired) electrons. The lowest BCUT2D eigenvalue weighted by atomic mass is 9.33. The molecule has 2 N–H and O–H groups in total. The van der Waals surface area contributed by atoms with Crippen molar-refractivity contribution < 1.29 is 10.2 Å². The second-order valence-corrected chi connectivity index (χ2v) is 15.1. The van der Waals surface area contributed by atoms with Crippen molar-refractivity contribution in [2.45, 2.75) is 119 Å². The molecule has 4 saturated carbocycles. The number of aliphatic hydroxyl groups excluding tert-OH is 2. The minimum Gasteiger partial charge on any atom is -0.396 e. The smallest absolute Gasteiger partial charge is 0.0594 e. The zero-order chi connectivity index (χ0) is 23.4. The topological polar surface area (TPSA) is 40.5 Å². The Morgan fingerprint density at radius 2 is 1.53 bits per heavy atom. The fourth-order valence-electron chi connectivity index (χ4n) is 10.6. The van der Waals surface area contributed by atoms with E-state index in [1.54, 1.807) is 5.57 Å². The van der Waals surface area contributed by atoms with Crippen LogP contribution in [0.2, 0.25) is 0 Å². The summed E-state index contributed by atoms with van der Waals surface area (Å²) < 4.78 is 0. The van der Waals surface area contributed by atoms with Gasteiger partial charge in [-0.1, -0.05) is 60.1 Å². The molecule has 182 valence electrons. The zero-order valence-electron chi connectivity index (χ0n) is 22.1. The third-order valence-corrected chi connectivity index (χ3v) is 13.1. The van der Waals surface area contributed by atoms with Gasteiger partial charge in [-0.25, -0.2) is 0 Å². The van der Waals surface area contributed by atoms with Crippen LogP contribution in [0.25, 0.3) is 0 Å². The van der Waals surface area contributed by atoms with E-state index in [1.165, 1.54) is 57.8 Å². The third-order valence-electron chi connectivity index (χ3n) is 13.1. The van der Waals surface area contributed by atoms with Crippen molar-refractivity contribution in [3.05, 3.63) is 11.6 Å². The second-order valence-electron chi connectivity index (χ2n) is 15.1. The number of hydrogen-bond donors (Lipinski definition) is 2. The molecule has 0 heterocycles. The predicted molar refractivity (Wildman–Crippen MR) is 132 cm³/mol. The van der Waals surface area contributed by atoms with Crippen LogP contribution < -0.4 is 0 Å². The van der Waals surface area contributed by atoms with E-state index in [0.29, 0.717) is 40.6 Å². The molecule has 0 aromatic heterocycles. The lowest BCUT2D eigenvalue weighted by molar-refractivity contribution is -0.204. The molecule has 5 rings (SSSR count). The van der Waals surface area contributed by atoms with Crippen LogP contribution in [0, 0.1) is 50.2 Å². The molecule has 4 fully saturated rings. The van der Waals surface area contributed by atoms with Crippen molar-refractivity contribution >= 4 is 0 Å². The van der Waals surface area contributed by atoms with E-state index >= 15 is 0 Å². The van der Waals surface area contributed by atoms with Crippen molar-refractivity contribution in [3.8, 4) is 0 Å². The molecule has 2 nitrogen and oxygen atoms in total. The van der Waals surface area contributed by atoms with Gasteiger partial charge in [0.25, 0.3) is 0 Å². The van der Waals surface area contributed by atoms with Gasteiger partial charge in [0.15, 0.2) is 0 Å². The van der Waals surface area contributed by atoms with E-state index in [4.69, 9.17) is 0 Å². The molecule has 0 bridgehead atoms. The van der Waals surface area contributed by atoms with Crippen molar-refractivity contribution in [1.82, 2.24) is 0 Å². The summed E-state index contributed by atoms with van der Waals surface area (Å²) in [6.07, 6.45) is 14.6. The highest BCUT2D eigenvalue weighted by atomic mass is 16.3. The molecule has 0 spiro atoms. The lowest BCUT2D eigenvalue weighted by Gasteiger charge is -2.71. The van der Waals surface area contributed by atoms with Gasteiger partial charge < -0.3 is 10.2 Å². The average molecular weight is 443 g/mol. The van der Waals surface area contributed by atoms with Gasteiger partial charge in [-0.2, -0.15) is 0 Å². The van der Waals surface area contributed by atoms with Crippen molar-refractivity contribution in [1.29, 1.82) is 0 Å². The first-order valence-electron chi connectivity index (χ1n) is 13.8. The Morgan fingerprint density at radius 1 is 0.844 bits per heavy atom. The predicted octanol–water partition coefficient (Wildman–Crippen LogP) is 7.14. The minimum atomic E-state index is -0.153. The van der Waals surface area contributed by atoms with E-state index in [9.17, 15) is 10.2 Å². The molecule has 0 saturated heterocycles. The molecule has 8 atom stereocenters. The molecular formula is C30H50O2. The summed E-state index contributed by atoms with van der Waals surface area (Å²) in [6.45, 7) is 17.8. The fraction of sp³-hybridized carbons (Fsp3) is 0.933. The molecular weight excluding hydrogens is 392 g/mol. The monoisotopic (exact) mass is 442 g/mol. The highest BCUT2D eigenvalue weighted by Crippen LogP contribution is 2.75. The molecule has 0 aromatic carbocycles. The van der Waals surface area contributed by atoms with Crippen molar-refractivity contribution in [2.75, 3.05) is 6.61 Å².